The van der Waals surface area contributed by atoms with Gasteiger partial charge in [0.25, 0.3) is 0 Å². The Morgan fingerprint density at radius 2 is 2.07 bits per heavy atom. The summed E-state index contributed by atoms with van der Waals surface area (Å²) in [6.07, 6.45) is 1.22. The van der Waals surface area contributed by atoms with Gasteiger partial charge in [-0.3, -0.25) is 0 Å². The molecule has 1 aliphatic heterocycles. The van der Waals surface area contributed by atoms with Crippen molar-refractivity contribution in [2.45, 2.75) is 25.7 Å². The topological polar surface area (TPSA) is 39.7 Å². The van der Waals surface area contributed by atoms with Crippen LogP contribution in [0.2, 0.25) is 0 Å². The Hall–Kier alpha value is -0.160. The van der Waals surface area contributed by atoms with E-state index in [0.717, 1.165) is 13.1 Å². The molecule has 1 fully saturated rings. The zero-order valence-corrected chi connectivity index (χ0v) is 9.29. The lowest BCUT2D eigenvalue weighted by Gasteiger charge is -2.30. The van der Waals surface area contributed by atoms with Gasteiger partial charge in [0, 0.05) is 20.8 Å². The van der Waals surface area contributed by atoms with Crippen LogP contribution >= 0.6 is 0 Å². The number of nitrogens with one attached hydrogen (secondary N) is 1. The molecular formula is C10H21NO3. The molecule has 0 saturated carbocycles. The molecule has 0 bridgehead atoms. The highest BCUT2D eigenvalue weighted by Crippen LogP contribution is 2.15. The predicted octanol–water partition coefficient (Wildman–Crippen LogP) is 0.620. The number of ether oxygens (including phenoxy) is 3. The van der Waals surface area contributed by atoms with Crippen molar-refractivity contribution in [2.24, 2.45) is 5.92 Å². The molecule has 4 nitrogen and oxygen atoms in total. The van der Waals surface area contributed by atoms with Crippen molar-refractivity contribution in [1.29, 1.82) is 0 Å². The number of hydrogen-bond acceptors (Lipinski definition) is 4. The molecule has 0 spiro atoms. The van der Waals surface area contributed by atoms with E-state index in [-0.39, 0.29) is 12.4 Å². The standard InChI is InChI=1S/C10H21NO3/c1-8-4-5-11-6-9(8)14-7-10(12-2)13-3/h8-11H,4-7H2,1-3H3. The van der Waals surface area contributed by atoms with Crippen molar-refractivity contribution in [3.8, 4) is 0 Å². The summed E-state index contributed by atoms with van der Waals surface area (Å²) < 4.78 is 15.8. The van der Waals surface area contributed by atoms with Crippen LogP contribution in [0.4, 0.5) is 0 Å². The van der Waals surface area contributed by atoms with Crippen molar-refractivity contribution in [3.05, 3.63) is 0 Å². The van der Waals surface area contributed by atoms with Crippen molar-refractivity contribution in [3.63, 3.8) is 0 Å². The largest absolute Gasteiger partial charge is 0.371 e. The van der Waals surface area contributed by atoms with Crippen LogP contribution in [0, 0.1) is 5.92 Å². The summed E-state index contributed by atoms with van der Waals surface area (Å²) in [4.78, 5) is 0. The minimum absolute atomic E-state index is 0.246. The molecule has 4 heteroatoms. The highest BCUT2D eigenvalue weighted by molar-refractivity contribution is 4.75. The summed E-state index contributed by atoms with van der Waals surface area (Å²) in [6.45, 7) is 4.75. The fourth-order valence-corrected chi connectivity index (χ4v) is 1.62. The quantitative estimate of drug-likeness (QED) is 0.665. The van der Waals surface area contributed by atoms with Gasteiger partial charge in [0.15, 0.2) is 6.29 Å². The van der Waals surface area contributed by atoms with E-state index in [2.05, 4.69) is 12.2 Å². The second-order valence-electron chi connectivity index (χ2n) is 3.74. The highest BCUT2D eigenvalue weighted by atomic mass is 16.7. The molecule has 1 rings (SSSR count). The minimum Gasteiger partial charge on any atom is -0.371 e. The van der Waals surface area contributed by atoms with E-state index in [4.69, 9.17) is 14.2 Å². The Morgan fingerprint density at radius 3 is 2.64 bits per heavy atom. The van der Waals surface area contributed by atoms with E-state index in [1.54, 1.807) is 14.2 Å². The Morgan fingerprint density at radius 1 is 1.36 bits per heavy atom. The van der Waals surface area contributed by atoms with Crippen LogP contribution in [0.5, 0.6) is 0 Å². The monoisotopic (exact) mass is 203 g/mol. The van der Waals surface area contributed by atoms with Gasteiger partial charge in [0.1, 0.15) is 0 Å². The summed E-state index contributed by atoms with van der Waals surface area (Å²) in [5.74, 6) is 0.616. The summed E-state index contributed by atoms with van der Waals surface area (Å²) in [7, 11) is 3.25. The second kappa shape index (κ2) is 6.35. The molecule has 1 saturated heterocycles. The Balaban J connectivity index is 2.21. The van der Waals surface area contributed by atoms with Gasteiger partial charge in [-0.1, -0.05) is 6.92 Å². The van der Waals surface area contributed by atoms with E-state index in [9.17, 15) is 0 Å². The maximum Gasteiger partial charge on any atom is 0.180 e. The third-order valence-electron chi connectivity index (χ3n) is 2.73. The zero-order chi connectivity index (χ0) is 10.4. The van der Waals surface area contributed by atoms with Gasteiger partial charge in [-0.05, 0) is 18.9 Å². The van der Waals surface area contributed by atoms with Crippen LogP contribution in [0.1, 0.15) is 13.3 Å². The predicted molar refractivity (Wildman–Crippen MR) is 54.2 cm³/mol. The molecule has 0 aliphatic carbocycles. The lowest BCUT2D eigenvalue weighted by Crippen LogP contribution is -2.42. The van der Waals surface area contributed by atoms with Crippen molar-refractivity contribution in [2.75, 3.05) is 33.9 Å². The first kappa shape index (κ1) is 11.9. The van der Waals surface area contributed by atoms with Gasteiger partial charge in [0.2, 0.25) is 0 Å². The second-order valence-corrected chi connectivity index (χ2v) is 3.74. The molecule has 0 radical (unpaired) electrons. The van der Waals surface area contributed by atoms with Gasteiger partial charge in [-0.15, -0.1) is 0 Å². The SMILES string of the molecule is COC(COC1CNCCC1C)OC. The summed E-state index contributed by atoms with van der Waals surface area (Å²) in [5, 5.41) is 3.32. The van der Waals surface area contributed by atoms with E-state index in [1.165, 1.54) is 6.42 Å². The van der Waals surface area contributed by atoms with Gasteiger partial charge < -0.3 is 19.5 Å². The van der Waals surface area contributed by atoms with Gasteiger partial charge in [-0.2, -0.15) is 0 Å². The summed E-state index contributed by atoms with van der Waals surface area (Å²) in [6, 6.07) is 0. The first-order chi connectivity index (χ1) is 6.77. The van der Waals surface area contributed by atoms with Crippen LogP contribution in [-0.2, 0) is 14.2 Å². The average Bonchev–Trinajstić information content (AvgIpc) is 2.22. The first-order valence-corrected chi connectivity index (χ1v) is 5.15. The van der Waals surface area contributed by atoms with E-state index >= 15 is 0 Å². The maximum atomic E-state index is 5.73. The molecule has 2 atom stereocenters. The van der Waals surface area contributed by atoms with Crippen molar-refractivity contribution in [1.82, 2.24) is 5.32 Å². The molecule has 0 aromatic heterocycles. The third-order valence-corrected chi connectivity index (χ3v) is 2.73. The van der Waals surface area contributed by atoms with Crippen molar-refractivity contribution < 1.29 is 14.2 Å². The summed E-state index contributed by atoms with van der Waals surface area (Å²) >= 11 is 0. The lowest BCUT2D eigenvalue weighted by molar-refractivity contribution is -0.157. The van der Waals surface area contributed by atoms with Gasteiger partial charge in [0.05, 0.1) is 12.7 Å². The molecule has 1 N–H and O–H groups in total. The van der Waals surface area contributed by atoms with Gasteiger partial charge in [-0.25, -0.2) is 0 Å². The molecule has 14 heavy (non-hydrogen) atoms. The molecule has 1 aliphatic rings. The maximum absolute atomic E-state index is 5.73. The first-order valence-electron chi connectivity index (χ1n) is 5.15. The van der Waals surface area contributed by atoms with E-state index < -0.39 is 0 Å². The van der Waals surface area contributed by atoms with Gasteiger partial charge >= 0.3 is 0 Å². The molecule has 1 heterocycles. The van der Waals surface area contributed by atoms with Crippen LogP contribution < -0.4 is 5.32 Å². The van der Waals surface area contributed by atoms with Crippen LogP contribution in [0.15, 0.2) is 0 Å². The smallest absolute Gasteiger partial charge is 0.180 e. The number of piperidine rings is 1. The summed E-state index contributed by atoms with van der Waals surface area (Å²) in [5.41, 5.74) is 0. The Kier molecular flexibility index (Phi) is 5.40. The van der Waals surface area contributed by atoms with Crippen molar-refractivity contribution >= 4 is 0 Å². The molecule has 0 aromatic carbocycles. The zero-order valence-electron chi connectivity index (χ0n) is 9.29. The fourth-order valence-electron chi connectivity index (χ4n) is 1.62. The number of hydrogen-bond donors (Lipinski definition) is 1. The fraction of sp³-hybridized carbons (Fsp3) is 1.00. The average molecular weight is 203 g/mol. The molecule has 2 unspecified atom stereocenters. The Labute approximate surface area is 85.9 Å². The number of methoxy groups -OCH3 is 2. The lowest BCUT2D eigenvalue weighted by atomic mass is 9.97. The number of rotatable bonds is 5. The van der Waals surface area contributed by atoms with Crippen LogP contribution in [0.25, 0.3) is 0 Å². The Bertz CT molecular complexity index is 150. The third kappa shape index (κ3) is 3.53. The normalized spacial score (nSPS) is 28.3. The minimum atomic E-state index is -0.246. The van der Waals surface area contributed by atoms with Crippen LogP contribution in [-0.4, -0.2) is 46.3 Å². The molecule has 0 aromatic rings. The van der Waals surface area contributed by atoms with Crippen LogP contribution in [0.3, 0.4) is 0 Å². The van der Waals surface area contributed by atoms with E-state index in [0.29, 0.717) is 12.5 Å². The van der Waals surface area contributed by atoms with E-state index in [1.807, 2.05) is 0 Å². The molecule has 0 amide bonds. The highest BCUT2D eigenvalue weighted by Gasteiger charge is 2.22. The molecule has 84 valence electrons. The molecular weight excluding hydrogens is 182 g/mol.